The normalized spacial score (nSPS) is 11.3. The second-order valence-electron chi connectivity index (χ2n) is 8.07. The van der Waals surface area contributed by atoms with Gasteiger partial charge in [-0.25, -0.2) is 4.98 Å². The number of methoxy groups -OCH3 is 2. The fourth-order valence-corrected chi connectivity index (χ4v) is 4.09. The van der Waals surface area contributed by atoms with Crippen LogP contribution in [0.1, 0.15) is 32.1 Å². The molecular formula is C26H31N3O4. The fourth-order valence-electron chi connectivity index (χ4n) is 4.09. The average molecular weight is 450 g/mol. The van der Waals surface area contributed by atoms with Crippen LogP contribution >= 0.6 is 0 Å². The number of hydrogen-bond donors (Lipinski definition) is 1. The number of carbonyl (C=O) groups excluding carboxylic acids is 1. The van der Waals surface area contributed by atoms with Crippen molar-refractivity contribution in [1.29, 1.82) is 0 Å². The van der Waals surface area contributed by atoms with Gasteiger partial charge in [0, 0.05) is 55.4 Å². The topological polar surface area (TPSA) is 78.4 Å². The number of imidazole rings is 1. The number of esters is 1. The maximum absolute atomic E-state index is 11.2. The van der Waals surface area contributed by atoms with E-state index in [0.717, 1.165) is 71.3 Å². The lowest BCUT2D eigenvalue weighted by molar-refractivity contribution is -0.140. The van der Waals surface area contributed by atoms with E-state index >= 15 is 0 Å². The van der Waals surface area contributed by atoms with Gasteiger partial charge in [-0.2, -0.15) is 0 Å². The van der Waals surface area contributed by atoms with Crippen LogP contribution in [0.3, 0.4) is 0 Å². The van der Waals surface area contributed by atoms with Gasteiger partial charge >= 0.3 is 5.97 Å². The Hall–Kier alpha value is -3.32. The number of rotatable bonds is 12. The van der Waals surface area contributed by atoms with E-state index in [4.69, 9.17) is 14.5 Å². The van der Waals surface area contributed by atoms with Crippen molar-refractivity contribution >= 4 is 27.9 Å². The summed E-state index contributed by atoms with van der Waals surface area (Å²) in [4.78, 5) is 19.5. The van der Waals surface area contributed by atoms with Gasteiger partial charge in [-0.05, 0) is 43.9 Å². The first-order chi connectivity index (χ1) is 16.2. The van der Waals surface area contributed by atoms with E-state index in [0.29, 0.717) is 19.6 Å². The SMILES string of the molecule is COCCCn1c(-c2c[nH]c3ccccc23)nc2ccc(OCCCCCC(=O)OC)cc21. The molecule has 4 aromatic rings. The molecule has 0 aliphatic carbocycles. The number of aromatic nitrogens is 3. The lowest BCUT2D eigenvalue weighted by Gasteiger charge is -2.10. The highest BCUT2D eigenvalue weighted by Gasteiger charge is 2.16. The molecule has 2 aromatic heterocycles. The minimum atomic E-state index is -0.158. The Balaban J connectivity index is 1.54. The molecule has 0 unspecified atom stereocenters. The van der Waals surface area contributed by atoms with Crippen LogP contribution < -0.4 is 4.74 Å². The predicted octanol–water partition coefficient (Wildman–Crippen LogP) is 5.33. The van der Waals surface area contributed by atoms with Gasteiger partial charge in [0.15, 0.2) is 0 Å². The number of aromatic amines is 1. The van der Waals surface area contributed by atoms with Crippen LogP contribution in [0.5, 0.6) is 5.75 Å². The summed E-state index contributed by atoms with van der Waals surface area (Å²) in [5.74, 6) is 1.61. The molecule has 4 rings (SSSR count). The monoisotopic (exact) mass is 449 g/mol. The molecule has 0 saturated heterocycles. The van der Waals surface area contributed by atoms with Crippen molar-refractivity contribution in [2.45, 2.75) is 38.6 Å². The van der Waals surface area contributed by atoms with Crippen LogP contribution in [0.15, 0.2) is 48.7 Å². The van der Waals surface area contributed by atoms with Gasteiger partial charge in [0.25, 0.3) is 0 Å². The number of fused-ring (bicyclic) bond motifs is 2. The Labute approximate surface area is 193 Å². The van der Waals surface area contributed by atoms with Crippen LogP contribution in [0.4, 0.5) is 0 Å². The molecule has 1 N–H and O–H groups in total. The molecule has 174 valence electrons. The number of nitrogens with one attached hydrogen (secondary N) is 1. The molecule has 33 heavy (non-hydrogen) atoms. The Kier molecular flexibility index (Phi) is 7.62. The van der Waals surface area contributed by atoms with Crippen LogP contribution in [-0.4, -0.2) is 47.9 Å². The first-order valence-corrected chi connectivity index (χ1v) is 11.5. The molecule has 2 heterocycles. The molecule has 0 aliphatic rings. The number of aryl methyl sites for hydroxylation is 1. The van der Waals surface area contributed by atoms with Crippen LogP contribution in [0, 0.1) is 0 Å². The van der Waals surface area contributed by atoms with Crippen LogP contribution in [-0.2, 0) is 20.8 Å². The van der Waals surface area contributed by atoms with Gasteiger partial charge in [-0.15, -0.1) is 0 Å². The van der Waals surface area contributed by atoms with Crippen molar-refractivity contribution in [3.05, 3.63) is 48.7 Å². The van der Waals surface area contributed by atoms with Crippen molar-refractivity contribution in [2.75, 3.05) is 27.4 Å². The van der Waals surface area contributed by atoms with Gasteiger partial charge in [0.2, 0.25) is 0 Å². The molecule has 7 heteroatoms. The van der Waals surface area contributed by atoms with E-state index in [-0.39, 0.29) is 5.97 Å². The molecule has 0 radical (unpaired) electrons. The van der Waals surface area contributed by atoms with Gasteiger partial charge in [-0.3, -0.25) is 4.79 Å². The summed E-state index contributed by atoms with van der Waals surface area (Å²) in [6, 6.07) is 14.3. The van der Waals surface area contributed by atoms with Crippen molar-refractivity contribution in [3.8, 4) is 17.1 Å². The number of nitrogens with zero attached hydrogens (tertiary/aromatic N) is 2. The van der Waals surface area contributed by atoms with Crippen LogP contribution in [0.2, 0.25) is 0 Å². The molecule has 0 saturated carbocycles. The highest BCUT2D eigenvalue weighted by Crippen LogP contribution is 2.32. The zero-order chi connectivity index (χ0) is 23.0. The number of benzene rings is 2. The van der Waals surface area contributed by atoms with E-state index in [1.807, 2.05) is 24.4 Å². The van der Waals surface area contributed by atoms with Gasteiger partial charge < -0.3 is 23.8 Å². The van der Waals surface area contributed by atoms with Crippen LogP contribution in [0.25, 0.3) is 33.3 Å². The third-order valence-corrected chi connectivity index (χ3v) is 5.80. The summed E-state index contributed by atoms with van der Waals surface area (Å²) >= 11 is 0. The second kappa shape index (κ2) is 11.0. The molecule has 7 nitrogen and oxygen atoms in total. The zero-order valence-corrected chi connectivity index (χ0v) is 19.3. The minimum Gasteiger partial charge on any atom is -0.494 e. The third kappa shape index (κ3) is 5.37. The third-order valence-electron chi connectivity index (χ3n) is 5.80. The number of hydrogen-bond acceptors (Lipinski definition) is 5. The summed E-state index contributed by atoms with van der Waals surface area (Å²) in [5.41, 5.74) is 4.18. The highest BCUT2D eigenvalue weighted by molar-refractivity contribution is 5.96. The van der Waals surface area contributed by atoms with E-state index in [1.165, 1.54) is 7.11 Å². The number of unbranched alkanes of at least 4 members (excludes halogenated alkanes) is 2. The van der Waals surface area contributed by atoms with Crippen molar-refractivity contribution in [3.63, 3.8) is 0 Å². The smallest absolute Gasteiger partial charge is 0.305 e. The maximum Gasteiger partial charge on any atom is 0.305 e. The fraction of sp³-hybridized carbons (Fsp3) is 0.385. The summed E-state index contributed by atoms with van der Waals surface area (Å²) < 4.78 is 18.2. The van der Waals surface area contributed by atoms with Gasteiger partial charge in [0.1, 0.15) is 11.6 Å². The zero-order valence-electron chi connectivity index (χ0n) is 19.3. The molecule has 0 aliphatic heterocycles. The molecule has 0 fully saturated rings. The molecule has 0 spiro atoms. The lowest BCUT2D eigenvalue weighted by atomic mass is 10.1. The second-order valence-corrected chi connectivity index (χ2v) is 8.07. The number of H-pyrrole nitrogens is 1. The van der Waals surface area contributed by atoms with E-state index in [2.05, 4.69) is 38.6 Å². The number of ether oxygens (including phenoxy) is 3. The summed E-state index contributed by atoms with van der Waals surface area (Å²) in [7, 11) is 3.15. The highest BCUT2D eigenvalue weighted by atomic mass is 16.5. The summed E-state index contributed by atoms with van der Waals surface area (Å²) in [6.45, 7) is 2.10. The predicted molar refractivity (Wildman–Crippen MR) is 129 cm³/mol. The Morgan fingerprint density at radius 1 is 1.03 bits per heavy atom. The largest absolute Gasteiger partial charge is 0.494 e. The Bertz CT molecular complexity index is 1210. The quantitative estimate of drug-likeness (QED) is 0.234. The van der Waals surface area contributed by atoms with Gasteiger partial charge in [-0.1, -0.05) is 18.2 Å². The van der Waals surface area contributed by atoms with Crippen molar-refractivity contribution < 1.29 is 19.0 Å². The lowest BCUT2D eigenvalue weighted by Crippen LogP contribution is -2.04. The molecule has 0 atom stereocenters. The standard InChI is InChI=1S/C26H31N3O4/c1-31-15-8-14-29-24-17-19(33-16-7-3-4-11-25(30)32-2)12-13-23(24)28-26(29)21-18-27-22-10-6-5-9-20(21)22/h5-6,9-10,12-13,17-18,27H,3-4,7-8,11,14-16H2,1-2H3. The van der Waals surface area contributed by atoms with E-state index < -0.39 is 0 Å². The Morgan fingerprint density at radius 3 is 2.76 bits per heavy atom. The molecule has 0 bridgehead atoms. The van der Waals surface area contributed by atoms with E-state index in [1.54, 1.807) is 7.11 Å². The molecule has 2 aromatic carbocycles. The minimum absolute atomic E-state index is 0.158. The van der Waals surface area contributed by atoms with E-state index in [9.17, 15) is 4.79 Å². The first kappa shape index (κ1) is 22.9. The first-order valence-electron chi connectivity index (χ1n) is 11.5. The Morgan fingerprint density at radius 2 is 1.91 bits per heavy atom. The number of carbonyl (C=O) groups is 1. The summed E-state index contributed by atoms with van der Waals surface area (Å²) in [6.07, 6.45) is 6.02. The maximum atomic E-state index is 11.2. The van der Waals surface area contributed by atoms with Crippen molar-refractivity contribution in [2.24, 2.45) is 0 Å². The van der Waals surface area contributed by atoms with Crippen molar-refractivity contribution in [1.82, 2.24) is 14.5 Å². The molecular weight excluding hydrogens is 418 g/mol. The average Bonchev–Trinajstić information content (AvgIpc) is 3.42. The molecule has 0 amide bonds. The van der Waals surface area contributed by atoms with Gasteiger partial charge in [0.05, 0.1) is 24.8 Å². The summed E-state index contributed by atoms with van der Waals surface area (Å²) in [5, 5.41) is 1.16. The number of para-hydroxylation sites is 1.